The molecule has 1 unspecified atom stereocenters. The molecule has 15 heavy (non-hydrogen) atoms. The fraction of sp³-hybridized carbons (Fsp3) is 0.778. The number of aromatic amines is 1. The zero-order valence-corrected chi connectivity index (χ0v) is 10.8. The molecule has 1 N–H and O–H groups in total. The van der Waals surface area contributed by atoms with Crippen LogP contribution in [0.1, 0.15) is 25.6 Å². The summed E-state index contributed by atoms with van der Waals surface area (Å²) in [6.07, 6.45) is 4.59. The van der Waals surface area contributed by atoms with Gasteiger partial charge in [-0.1, -0.05) is 6.92 Å². The van der Waals surface area contributed by atoms with E-state index in [1.165, 1.54) is 0 Å². The van der Waals surface area contributed by atoms with E-state index in [1.54, 1.807) is 6.26 Å². The number of aromatic nitrogens is 3. The van der Waals surface area contributed by atoms with Crippen molar-refractivity contribution in [1.29, 1.82) is 0 Å². The van der Waals surface area contributed by atoms with E-state index in [0.717, 1.165) is 37.4 Å². The molecular formula is C9H17N3OS2. The molecule has 1 heterocycles. The van der Waals surface area contributed by atoms with Crippen molar-refractivity contribution in [2.75, 3.05) is 12.0 Å². The summed E-state index contributed by atoms with van der Waals surface area (Å²) in [6, 6.07) is 0. The van der Waals surface area contributed by atoms with E-state index < -0.39 is 10.8 Å². The first kappa shape index (κ1) is 12.6. The zero-order chi connectivity index (χ0) is 11.3. The quantitative estimate of drug-likeness (QED) is 0.778. The van der Waals surface area contributed by atoms with Crippen LogP contribution >= 0.6 is 12.2 Å². The Bertz CT molecular complexity index is 383. The number of aryl methyl sites for hydroxylation is 1. The minimum Gasteiger partial charge on any atom is -0.304 e. The lowest BCUT2D eigenvalue weighted by atomic mass is 10.3. The zero-order valence-electron chi connectivity index (χ0n) is 9.15. The van der Waals surface area contributed by atoms with Gasteiger partial charge in [-0.15, -0.1) is 0 Å². The summed E-state index contributed by atoms with van der Waals surface area (Å²) >= 11 is 5.14. The van der Waals surface area contributed by atoms with Crippen LogP contribution in [0.2, 0.25) is 0 Å². The normalized spacial score (nSPS) is 12.9. The summed E-state index contributed by atoms with van der Waals surface area (Å²) in [6.45, 7) is 2.92. The van der Waals surface area contributed by atoms with E-state index in [-0.39, 0.29) is 0 Å². The van der Waals surface area contributed by atoms with Crippen molar-refractivity contribution in [3.63, 3.8) is 0 Å². The maximum Gasteiger partial charge on any atom is 0.195 e. The van der Waals surface area contributed by atoms with Crippen LogP contribution in [0.4, 0.5) is 0 Å². The SMILES string of the molecule is CCCc1n[nH]c(=S)n1CCCS(C)=O. The maximum absolute atomic E-state index is 10.9. The van der Waals surface area contributed by atoms with E-state index in [2.05, 4.69) is 17.1 Å². The lowest BCUT2D eigenvalue weighted by Gasteiger charge is -2.04. The second kappa shape index (κ2) is 6.17. The van der Waals surface area contributed by atoms with Gasteiger partial charge < -0.3 is 4.57 Å². The second-order valence-corrected chi connectivity index (χ2v) is 5.42. The molecule has 1 rings (SSSR count). The predicted molar refractivity (Wildman–Crippen MR) is 65.0 cm³/mol. The summed E-state index contributed by atoms with van der Waals surface area (Å²) in [7, 11) is -0.722. The van der Waals surface area contributed by atoms with Crippen LogP contribution < -0.4 is 0 Å². The molecule has 6 heteroatoms. The third-order valence-corrected chi connectivity index (χ3v) is 3.30. The Kier molecular flexibility index (Phi) is 5.17. The van der Waals surface area contributed by atoms with Crippen molar-refractivity contribution in [3.8, 4) is 0 Å². The fourth-order valence-electron chi connectivity index (χ4n) is 1.42. The standard InChI is InChI=1S/C9H17N3OS2/c1-3-5-8-10-11-9(14)12(8)6-4-7-15(2)13/h3-7H2,1-2H3,(H,11,14). The van der Waals surface area contributed by atoms with Crippen molar-refractivity contribution in [2.24, 2.45) is 0 Å². The lowest BCUT2D eigenvalue weighted by molar-refractivity contribution is 0.621. The lowest BCUT2D eigenvalue weighted by Crippen LogP contribution is -2.07. The molecule has 1 aromatic rings. The van der Waals surface area contributed by atoms with Crippen molar-refractivity contribution >= 4 is 23.0 Å². The Labute approximate surface area is 97.5 Å². The van der Waals surface area contributed by atoms with Gasteiger partial charge in [0.1, 0.15) is 5.82 Å². The molecule has 4 nitrogen and oxygen atoms in total. The van der Waals surface area contributed by atoms with Gasteiger partial charge in [0.15, 0.2) is 4.77 Å². The van der Waals surface area contributed by atoms with E-state index in [1.807, 2.05) is 4.57 Å². The van der Waals surface area contributed by atoms with Gasteiger partial charge in [0.25, 0.3) is 0 Å². The molecule has 0 spiro atoms. The second-order valence-electron chi connectivity index (χ2n) is 3.48. The summed E-state index contributed by atoms with van der Waals surface area (Å²) in [5.74, 6) is 1.72. The molecule has 0 saturated heterocycles. The molecule has 1 atom stereocenters. The predicted octanol–water partition coefficient (Wildman–Crippen LogP) is 1.66. The topological polar surface area (TPSA) is 50.7 Å². The van der Waals surface area contributed by atoms with Crippen LogP contribution in [0.3, 0.4) is 0 Å². The summed E-state index contributed by atoms with van der Waals surface area (Å²) < 4.78 is 13.6. The Morgan fingerprint density at radius 3 is 2.93 bits per heavy atom. The molecule has 0 saturated carbocycles. The highest BCUT2D eigenvalue weighted by Crippen LogP contribution is 2.03. The van der Waals surface area contributed by atoms with E-state index in [4.69, 9.17) is 12.2 Å². The van der Waals surface area contributed by atoms with E-state index in [0.29, 0.717) is 4.77 Å². The number of rotatable bonds is 6. The van der Waals surface area contributed by atoms with Crippen LogP contribution in [0.25, 0.3) is 0 Å². The van der Waals surface area contributed by atoms with Gasteiger partial charge >= 0.3 is 0 Å². The van der Waals surface area contributed by atoms with Crippen molar-refractivity contribution in [1.82, 2.24) is 14.8 Å². The average molecular weight is 247 g/mol. The van der Waals surface area contributed by atoms with Crippen LogP contribution in [0.5, 0.6) is 0 Å². The fourth-order valence-corrected chi connectivity index (χ4v) is 2.20. The number of nitrogens with one attached hydrogen (secondary N) is 1. The molecule has 0 aliphatic heterocycles. The third kappa shape index (κ3) is 3.87. The number of H-pyrrole nitrogens is 1. The van der Waals surface area contributed by atoms with Crippen LogP contribution in [-0.4, -0.2) is 31.0 Å². The van der Waals surface area contributed by atoms with Gasteiger partial charge in [-0.05, 0) is 25.1 Å². The monoisotopic (exact) mass is 247 g/mol. The molecular weight excluding hydrogens is 230 g/mol. The van der Waals surface area contributed by atoms with E-state index in [9.17, 15) is 4.21 Å². The maximum atomic E-state index is 10.9. The van der Waals surface area contributed by atoms with Crippen molar-refractivity contribution in [3.05, 3.63) is 10.6 Å². The van der Waals surface area contributed by atoms with Gasteiger partial charge in [0.05, 0.1) is 0 Å². The summed E-state index contributed by atoms with van der Waals surface area (Å²) in [5.41, 5.74) is 0. The Morgan fingerprint density at radius 2 is 2.33 bits per heavy atom. The van der Waals surface area contributed by atoms with Gasteiger partial charge in [0.2, 0.25) is 0 Å². The Balaban J connectivity index is 2.62. The van der Waals surface area contributed by atoms with Crippen molar-refractivity contribution in [2.45, 2.75) is 32.7 Å². The molecule has 0 bridgehead atoms. The van der Waals surface area contributed by atoms with Gasteiger partial charge in [-0.2, -0.15) is 5.10 Å². The van der Waals surface area contributed by atoms with Crippen LogP contribution in [0, 0.1) is 4.77 Å². The molecule has 0 aliphatic rings. The highest BCUT2D eigenvalue weighted by atomic mass is 32.2. The minimum atomic E-state index is -0.722. The van der Waals surface area contributed by atoms with Crippen molar-refractivity contribution < 1.29 is 4.21 Å². The first-order chi connectivity index (χ1) is 7.15. The highest BCUT2D eigenvalue weighted by Gasteiger charge is 2.04. The minimum absolute atomic E-state index is 0.667. The number of hydrogen-bond donors (Lipinski definition) is 1. The van der Waals surface area contributed by atoms with Gasteiger partial charge in [-0.3, -0.25) is 9.31 Å². The molecule has 0 amide bonds. The molecule has 0 fully saturated rings. The average Bonchev–Trinajstić information content (AvgIpc) is 2.50. The Morgan fingerprint density at radius 1 is 1.60 bits per heavy atom. The summed E-state index contributed by atoms with van der Waals surface area (Å²) in [4.78, 5) is 0. The first-order valence-electron chi connectivity index (χ1n) is 5.09. The molecule has 0 aliphatic carbocycles. The smallest absolute Gasteiger partial charge is 0.195 e. The van der Waals surface area contributed by atoms with Crippen LogP contribution in [-0.2, 0) is 23.8 Å². The Hall–Kier alpha value is -0.490. The highest BCUT2D eigenvalue weighted by molar-refractivity contribution is 7.84. The molecule has 1 aromatic heterocycles. The summed E-state index contributed by atoms with van der Waals surface area (Å²) in [5, 5.41) is 6.97. The first-order valence-corrected chi connectivity index (χ1v) is 7.22. The van der Waals surface area contributed by atoms with E-state index >= 15 is 0 Å². The third-order valence-electron chi connectivity index (χ3n) is 2.12. The number of nitrogens with zero attached hydrogens (tertiary/aromatic N) is 2. The number of hydrogen-bond acceptors (Lipinski definition) is 3. The van der Waals surface area contributed by atoms with Crippen LogP contribution in [0.15, 0.2) is 0 Å². The van der Waals surface area contributed by atoms with Gasteiger partial charge in [0, 0.05) is 35.8 Å². The molecule has 0 aromatic carbocycles. The molecule has 86 valence electrons. The van der Waals surface area contributed by atoms with Gasteiger partial charge in [-0.25, -0.2) is 0 Å². The largest absolute Gasteiger partial charge is 0.304 e. The molecule has 0 radical (unpaired) electrons.